The molecule has 0 unspecified atom stereocenters. The van der Waals surface area contributed by atoms with Crippen LogP contribution in [-0.4, -0.2) is 52.8 Å². The SMILES string of the molecule is CC(=O)N(C(C)C)[C@H]1CCN(C(=O)[C@@H](N)C(C)C)C1. The molecule has 2 atom stereocenters. The van der Waals surface area contributed by atoms with Gasteiger partial charge >= 0.3 is 0 Å². The number of hydrogen-bond acceptors (Lipinski definition) is 3. The first kappa shape index (κ1) is 16.0. The van der Waals surface area contributed by atoms with E-state index in [1.54, 1.807) is 11.8 Å². The third-order valence-corrected chi connectivity index (χ3v) is 3.79. The Bertz CT molecular complexity index is 342. The number of nitrogens with zero attached hydrogens (tertiary/aromatic N) is 2. The molecule has 0 aromatic rings. The van der Waals surface area contributed by atoms with Gasteiger partial charge in [-0.25, -0.2) is 0 Å². The van der Waals surface area contributed by atoms with Gasteiger partial charge in [0, 0.05) is 26.1 Å². The predicted molar refractivity (Wildman–Crippen MR) is 75.5 cm³/mol. The largest absolute Gasteiger partial charge is 0.339 e. The van der Waals surface area contributed by atoms with Gasteiger partial charge in [-0.3, -0.25) is 9.59 Å². The van der Waals surface area contributed by atoms with E-state index in [0.29, 0.717) is 13.1 Å². The standard InChI is InChI=1S/C14H27N3O2/c1-9(2)13(15)14(19)16-7-6-12(8-16)17(10(3)4)11(5)18/h9-10,12-13H,6-8,15H2,1-5H3/t12-,13-/m0/s1. The molecule has 0 aliphatic carbocycles. The highest BCUT2D eigenvalue weighted by atomic mass is 16.2. The van der Waals surface area contributed by atoms with Gasteiger partial charge in [0.15, 0.2) is 0 Å². The second-order valence-electron chi connectivity index (χ2n) is 6.02. The van der Waals surface area contributed by atoms with Crippen LogP contribution in [0.2, 0.25) is 0 Å². The van der Waals surface area contributed by atoms with Crippen molar-refractivity contribution in [2.24, 2.45) is 11.7 Å². The first-order chi connectivity index (χ1) is 8.75. The summed E-state index contributed by atoms with van der Waals surface area (Å²) in [5.74, 6) is 0.216. The molecule has 0 spiro atoms. The molecule has 0 bridgehead atoms. The summed E-state index contributed by atoms with van der Waals surface area (Å²) < 4.78 is 0. The van der Waals surface area contributed by atoms with Crippen molar-refractivity contribution in [2.45, 2.75) is 59.2 Å². The summed E-state index contributed by atoms with van der Waals surface area (Å²) in [4.78, 5) is 27.5. The van der Waals surface area contributed by atoms with Gasteiger partial charge in [0.1, 0.15) is 0 Å². The molecule has 110 valence electrons. The van der Waals surface area contributed by atoms with Crippen molar-refractivity contribution in [3.8, 4) is 0 Å². The monoisotopic (exact) mass is 269 g/mol. The van der Waals surface area contributed by atoms with Crippen LogP contribution in [0.5, 0.6) is 0 Å². The van der Waals surface area contributed by atoms with Gasteiger partial charge in [0.25, 0.3) is 0 Å². The molecular weight excluding hydrogens is 242 g/mol. The minimum absolute atomic E-state index is 0.00441. The van der Waals surface area contributed by atoms with Crippen molar-refractivity contribution >= 4 is 11.8 Å². The van der Waals surface area contributed by atoms with E-state index in [4.69, 9.17) is 5.73 Å². The Labute approximate surface area is 116 Å². The van der Waals surface area contributed by atoms with Crippen LogP contribution in [0.3, 0.4) is 0 Å². The summed E-state index contributed by atoms with van der Waals surface area (Å²) in [6.45, 7) is 10.8. The second kappa shape index (κ2) is 6.37. The third-order valence-electron chi connectivity index (χ3n) is 3.79. The van der Waals surface area contributed by atoms with E-state index >= 15 is 0 Å². The topological polar surface area (TPSA) is 66.6 Å². The molecule has 1 fully saturated rings. The van der Waals surface area contributed by atoms with Crippen molar-refractivity contribution in [1.29, 1.82) is 0 Å². The number of rotatable bonds is 4. The number of hydrogen-bond donors (Lipinski definition) is 1. The molecule has 1 rings (SSSR count). The molecule has 0 saturated carbocycles. The lowest BCUT2D eigenvalue weighted by Gasteiger charge is -2.32. The van der Waals surface area contributed by atoms with E-state index < -0.39 is 6.04 Å². The first-order valence-electron chi connectivity index (χ1n) is 7.09. The number of nitrogens with two attached hydrogens (primary N) is 1. The normalized spacial score (nSPS) is 21.1. The molecule has 1 aliphatic heterocycles. The van der Waals surface area contributed by atoms with E-state index in [9.17, 15) is 9.59 Å². The molecular formula is C14H27N3O2. The van der Waals surface area contributed by atoms with Crippen LogP contribution in [0, 0.1) is 5.92 Å². The van der Waals surface area contributed by atoms with Crippen LogP contribution in [-0.2, 0) is 9.59 Å². The fourth-order valence-corrected chi connectivity index (χ4v) is 2.71. The molecule has 0 aromatic heterocycles. The molecule has 5 nitrogen and oxygen atoms in total. The summed E-state index contributed by atoms with van der Waals surface area (Å²) in [7, 11) is 0. The van der Waals surface area contributed by atoms with Gasteiger partial charge in [-0.15, -0.1) is 0 Å². The summed E-state index contributed by atoms with van der Waals surface area (Å²) in [6.07, 6.45) is 0.842. The minimum Gasteiger partial charge on any atom is -0.339 e. The Balaban J connectivity index is 2.67. The molecule has 1 saturated heterocycles. The maximum Gasteiger partial charge on any atom is 0.239 e. The average Bonchev–Trinajstić information content (AvgIpc) is 2.75. The zero-order valence-corrected chi connectivity index (χ0v) is 12.7. The summed E-state index contributed by atoms with van der Waals surface area (Å²) in [5.41, 5.74) is 5.91. The smallest absolute Gasteiger partial charge is 0.239 e. The van der Waals surface area contributed by atoms with Crippen molar-refractivity contribution < 1.29 is 9.59 Å². The molecule has 2 amide bonds. The van der Waals surface area contributed by atoms with E-state index in [2.05, 4.69) is 0 Å². The van der Waals surface area contributed by atoms with Gasteiger partial charge in [0.2, 0.25) is 11.8 Å². The molecule has 1 aliphatic rings. The minimum atomic E-state index is -0.441. The van der Waals surface area contributed by atoms with E-state index in [0.717, 1.165) is 6.42 Å². The van der Waals surface area contributed by atoms with Crippen LogP contribution in [0.1, 0.15) is 41.0 Å². The molecule has 2 N–H and O–H groups in total. The van der Waals surface area contributed by atoms with Crippen molar-refractivity contribution in [1.82, 2.24) is 9.80 Å². The zero-order chi connectivity index (χ0) is 14.7. The van der Waals surface area contributed by atoms with Crippen LogP contribution in [0.15, 0.2) is 0 Å². The molecule has 0 radical (unpaired) electrons. The summed E-state index contributed by atoms with van der Waals surface area (Å²) >= 11 is 0. The van der Waals surface area contributed by atoms with Gasteiger partial charge in [-0.2, -0.15) is 0 Å². The maximum absolute atomic E-state index is 12.2. The lowest BCUT2D eigenvalue weighted by Crippen LogP contribution is -2.48. The highest BCUT2D eigenvalue weighted by Crippen LogP contribution is 2.19. The Morgan fingerprint density at radius 2 is 1.84 bits per heavy atom. The Morgan fingerprint density at radius 1 is 1.26 bits per heavy atom. The Hall–Kier alpha value is -1.10. The third kappa shape index (κ3) is 3.69. The number of amides is 2. The fraction of sp³-hybridized carbons (Fsp3) is 0.857. The van der Waals surface area contributed by atoms with Crippen molar-refractivity contribution in [2.75, 3.05) is 13.1 Å². The van der Waals surface area contributed by atoms with Gasteiger partial charge in [0.05, 0.1) is 12.1 Å². The zero-order valence-electron chi connectivity index (χ0n) is 12.7. The number of carbonyl (C=O) groups is 2. The van der Waals surface area contributed by atoms with Crippen LogP contribution >= 0.6 is 0 Å². The van der Waals surface area contributed by atoms with Gasteiger partial charge in [-0.05, 0) is 26.2 Å². The van der Waals surface area contributed by atoms with Crippen LogP contribution < -0.4 is 5.73 Å². The quantitative estimate of drug-likeness (QED) is 0.822. The number of carbonyl (C=O) groups excluding carboxylic acids is 2. The molecule has 19 heavy (non-hydrogen) atoms. The molecule has 5 heteroatoms. The lowest BCUT2D eigenvalue weighted by molar-refractivity contribution is -0.136. The van der Waals surface area contributed by atoms with Crippen LogP contribution in [0.4, 0.5) is 0 Å². The Kier molecular flexibility index (Phi) is 5.35. The summed E-state index contributed by atoms with van der Waals surface area (Å²) in [5, 5.41) is 0. The van der Waals surface area contributed by atoms with Crippen molar-refractivity contribution in [3.63, 3.8) is 0 Å². The number of likely N-dealkylation sites (tertiary alicyclic amines) is 1. The van der Waals surface area contributed by atoms with Crippen molar-refractivity contribution in [3.05, 3.63) is 0 Å². The molecule has 0 aromatic carbocycles. The van der Waals surface area contributed by atoms with E-state index in [1.807, 2.05) is 32.6 Å². The summed E-state index contributed by atoms with van der Waals surface area (Å²) in [6, 6.07) is -0.152. The molecule has 1 heterocycles. The van der Waals surface area contributed by atoms with Gasteiger partial charge < -0.3 is 15.5 Å². The van der Waals surface area contributed by atoms with Gasteiger partial charge in [-0.1, -0.05) is 13.8 Å². The fourth-order valence-electron chi connectivity index (χ4n) is 2.71. The lowest BCUT2D eigenvalue weighted by atomic mass is 10.0. The highest BCUT2D eigenvalue weighted by molar-refractivity contribution is 5.82. The average molecular weight is 269 g/mol. The van der Waals surface area contributed by atoms with Crippen LogP contribution in [0.25, 0.3) is 0 Å². The Morgan fingerprint density at radius 3 is 2.26 bits per heavy atom. The van der Waals surface area contributed by atoms with E-state index in [1.165, 1.54) is 0 Å². The highest BCUT2D eigenvalue weighted by Gasteiger charge is 2.34. The second-order valence-corrected chi connectivity index (χ2v) is 6.02. The predicted octanol–water partition coefficient (Wildman–Crippen LogP) is 0.828. The maximum atomic E-state index is 12.2. The van der Waals surface area contributed by atoms with E-state index in [-0.39, 0.29) is 29.8 Å². The first-order valence-corrected chi connectivity index (χ1v) is 7.09.